The zero-order valence-electron chi connectivity index (χ0n) is 10.6. The van der Waals surface area contributed by atoms with Crippen molar-refractivity contribution < 1.29 is 19.2 Å². The number of amides is 2. The number of urea groups is 1. The Hall–Kier alpha value is -2.12. The first-order chi connectivity index (χ1) is 9.04. The van der Waals surface area contributed by atoms with Crippen LogP contribution in [0.3, 0.4) is 0 Å². The Morgan fingerprint density at radius 2 is 2.26 bits per heavy atom. The molecular formula is C11H16N4O4. The normalized spacial score (nSPS) is 15.1. The fourth-order valence-corrected chi connectivity index (χ4v) is 1.94. The van der Waals surface area contributed by atoms with E-state index in [-0.39, 0.29) is 18.4 Å². The monoisotopic (exact) mass is 268 g/mol. The van der Waals surface area contributed by atoms with Crippen LogP contribution >= 0.6 is 0 Å². The molecule has 0 radical (unpaired) electrons. The van der Waals surface area contributed by atoms with Gasteiger partial charge in [0.25, 0.3) is 0 Å². The van der Waals surface area contributed by atoms with Crippen LogP contribution in [0.15, 0.2) is 4.52 Å². The number of carboxylic acids is 1. The maximum atomic E-state index is 11.7. The smallest absolute Gasteiger partial charge is 0.317 e. The van der Waals surface area contributed by atoms with E-state index in [0.29, 0.717) is 37.8 Å². The standard InChI is InChI=1S/C11H16N4O4/c1-7-13-9(19-14-7)2-3-12-11(18)15-5-8(6-15)4-10(16)17/h8H,2-6H2,1H3,(H,12,18)(H,16,17). The number of hydrogen-bond donors (Lipinski definition) is 2. The molecule has 1 saturated heterocycles. The van der Waals surface area contributed by atoms with Crippen LogP contribution in [0.1, 0.15) is 18.1 Å². The van der Waals surface area contributed by atoms with Crippen LogP contribution in [-0.2, 0) is 11.2 Å². The molecule has 0 aromatic carbocycles. The molecule has 1 fully saturated rings. The van der Waals surface area contributed by atoms with E-state index in [4.69, 9.17) is 9.63 Å². The fraction of sp³-hybridized carbons (Fsp3) is 0.636. The lowest BCUT2D eigenvalue weighted by Crippen LogP contribution is -2.54. The van der Waals surface area contributed by atoms with Gasteiger partial charge in [0.2, 0.25) is 5.89 Å². The Morgan fingerprint density at radius 3 is 2.84 bits per heavy atom. The van der Waals surface area contributed by atoms with Gasteiger partial charge in [0.05, 0.1) is 6.42 Å². The number of rotatable bonds is 5. The molecule has 104 valence electrons. The number of nitrogens with zero attached hydrogens (tertiary/aromatic N) is 3. The van der Waals surface area contributed by atoms with Crippen molar-refractivity contribution in [2.24, 2.45) is 5.92 Å². The molecule has 2 rings (SSSR count). The molecule has 2 amide bonds. The van der Waals surface area contributed by atoms with Gasteiger partial charge < -0.3 is 19.8 Å². The minimum Gasteiger partial charge on any atom is -0.481 e. The average molecular weight is 268 g/mol. The highest BCUT2D eigenvalue weighted by molar-refractivity contribution is 5.75. The number of aliphatic carboxylic acids is 1. The summed E-state index contributed by atoms with van der Waals surface area (Å²) >= 11 is 0. The molecule has 8 nitrogen and oxygen atoms in total. The summed E-state index contributed by atoms with van der Waals surface area (Å²) in [6.45, 7) is 3.14. The highest BCUT2D eigenvalue weighted by atomic mass is 16.5. The Morgan fingerprint density at radius 1 is 1.53 bits per heavy atom. The predicted octanol–water partition coefficient (Wildman–Crippen LogP) is 0.0366. The molecule has 1 aliphatic rings. The zero-order valence-corrected chi connectivity index (χ0v) is 10.6. The number of nitrogens with one attached hydrogen (secondary N) is 1. The first-order valence-electron chi connectivity index (χ1n) is 6.08. The largest absolute Gasteiger partial charge is 0.481 e. The van der Waals surface area contributed by atoms with Crippen molar-refractivity contribution in [2.75, 3.05) is 19.6 Å². The second-order valence-corrected chi connectivity index (χ2v) is 4.59. The number of carbonyl (C=O) groups excluding carboxylic acids is 1. The Kier molecular flexibility index (Phi) is 3.98. The van der Waals surface area contributed by atoms with Crippen molar-refractivity contribution in [1.29, 1.82) is 0 Å². The number of carbonyl (C=O) groups is 2. The van der Waals surface area contributed by atoms with Gasteiger partial charge in [-0.05, 0) is 6.92 Å². The third-order valence-corrected chi connectivity index (χ3v) is 2.89. The van der Waals surface area contributed by atoms with Crippen LogP contribution in [0, 0.1) is 12.8 Å². The van der Waals surface area contributed by atoms with Crippen LogP contribution in [-0.4, -0.2) is 51.8 Å². The van der Waals surface area contributed by atoms with E-state index in [9.17, 15) is 9.59 Å². The van der Waals surface area contributed by atoms with Crippen LogP contribution < -0.4 is 5.32 Å². The van der Waals surface area contributed by atoms with Gasteiger partial charge in [0, 0.05) is 32.0 Å². The Labute approximate surface area is 109 Å². The van der Waals surface area contributed by atoms with Crippen LogP contribution in [0.4, 0.5) is 4.79 Å². The lowest BCUT2D eigenvalue weighted by Gasteiger charge is -2.38. The third-order valence-electron chi connectivity index (χ3n) is 2.89. The van der Waals surface area contributed by atoms with E-state index >= 15 is 0 Å². The maximum Gasteiger partial charge on any atom is 0.317 e. The molecule has 1 aliphatic heterocycles. The maximum absolute atomic E-state index is 11.7. The second-order valence-electron chi connectivity index (χ2n) is 4.59. The van der Waals surface area contributed by atoms with Gasteiger partial charge in [-0.1, -0.05) is 5.16 Å². The Balaban J connectivity index is 1.62. The van der Waals surface area contributed by atoms with Crippen LogP contribution in [0.25, 0.3) is 0 Å². The molecule has 1 aromatic rings. The van der Waals surface area contributed by atoms with E-state index in [0.717, 1.165) is 0 Å². The van der Waals surface area contributed by atoms with Gasteiger partial charge in [-0.3, -0.25) is 4.79 Å². The highest BCUT2D eigenvalue weighted by Gasteiger charge is 2.31. The second kappa shape index (κ2) is 5.68. The van der Waals surface area contributed by atoms with Crippen LogP contribution in [0.2, 0.25) is 0 Å². The van der Waals surface area contributed by atoms with Crippen molar-refractivity contribution in [3.8, 4) is 0 Å². The molecule has 2 N–H and O–H groups in total. The first-order valence-corrected chi connectivity index (χ1v) is 6.08. The van der Waals surface area contributed by atoms with Gasteiger partial charge in [-0.25, -0.2) is 4.79 Å². The van der Waals surface area contributed by atoms with E-state index in [1.807, 2.05) is 0 Å². The van der Waals surface area contributed by atoms with Crippen molar-refractivity contribution in [3.05, 3.63) is 11.7 Å². The molecule has 0 aliphatic carbocycles. The number of aromatic nitrogens is 2. The van der Waals surface area contributed by atoms with E-state index < -0.39 is 5.97 Å². The first kappa shape index (κ1) is 13.3. The van der Waals surface area contributed by atoms with E-state index in [1.165, 1.54) is 0 Å². The number of aryl methyl sites for hydroxylation is 1. The predicted molar refractivity (Wildman–Crippen MR) is 63.5 cm³/mol. The SMILES string of the molecule is Cc1noc(CCNC(=O)N2CC(CC(=O)O)C2)n1. The number of carboxylic acid groups (broad SMARTS) is 1. The zero-order chi connectivity index (χ0) is 13.8. The highest BCUT2D eigenvalue weighted by Crippen LogP contribution is 2.18. The summed E-state index contributed by atoms with van der Waals surface area (Å²) in [6.07, 6.45) is 0.601. The summed E-state index contributed by atoms with van der Waals surface area (Å²) in [6, 6.07) is -0.183. The van der Waals surface area contributed by atoms with Crippen molar-refractivity contribution in [2.45, 2.75) is 19.8 Å². The molecule has 1 aromatic heterocycles. The molecular weight excluding hydrogens is 252 g/mol. The molecule has 0 atom stereocenters. The third kappa shape index (κ3) is 3.67. The average Bonchev–Trinajstić information content (AvgIpc) is 2.68. The van der Waals surface area contributed by atoms with E-state index in [2.05, 4.69) is 15.5 Å². The summed E-state index contributed by atoms with van der Waals surface area (Å²) in [4.78, 5) is 27.7. The number of hydrogen-bond acceptors (Lipinski definition) is 5. The summed E-state index contributed by atoms with van der Waals surface area (Å²) in [7, 11) is 0. The summed E-state index contributed by atoms with van der Waals surface area (Å²) < 4.78 is 4.92. The molecule has 0 spiro atoms. The molecule has 0 unspecified atom stereocenters. The lowest BCUT2D eigenvalue weighted by molar-refractivity contribution is -0.139. The van der Waals surface area contributed by atoms with E-state index in [1.54, 1.807) is 11.8 Å². The van der Waals surface area contributed by atoms with Gasteiger partial charge in [-0.15, -0.1) is 0 Å². The molecule has 8 heteroatoms. The molecule has 0 saturated carbocycles. The van der Waals surface area contributed by atoms with Crippen molar-refractivity contribution >= 4 is 12.0 Å². The molecule has 2 heterocycles. The van der Waals surface area contributed by atoms with Gasteiger partial charge in [-0.2, -0.15) is 4.98 Å². The van der Waals surface area contributed by atoms with Gasteiger partial charge in [0.1, 0.15) is 0 Å². The lowest BCUT2D eigenvalue weighted by atomic mass is 9.97. The van der Waals surface area contributed by atoms with Crippen molar-refractivity contribution in [1.82, 2.24) is 20.4 Å². The summed E-state index contributed by atoms with van der Waals surface area (Å²) in [5, 5.41) is 15.0. The summed E-state index contributed by atoms with van der Waals surface area (Å²) in [5.41, 5.74) is 0. The van der Waals surface area contributed by atoms with Crippen molar-refractivity contribution in [3.63, 3.8) is 0 Å². The topological polar surface area (TPSA) is 109 Å². The van der Waals surface area contributed by atoms with Crippen LogP contribution in [0.5, 0.6) is 0 Å². The van der Waals surface area contributed by atoms with Gasteiger partial charge in [0.15, 0.2) is 5.82 Å². The fourth-order valence-electron chi connectivity index (χ4n) is 1.94. The minimum atomic E-state index is -0.822. The quantitative estimate of drug-likeness (QED) is 0.780. The Bertz CT molecular complexity index is 467. The molecule has 19 heavy (non-hydrogen) atoms. The number of likely N-dealkylation sites (tertiary alicyclic amines) is 1. The summed E-state index contributed by atoms with van der Waals surface area (Å²) in [5.74, 6) is 0.310. The van der Waals surface area contributed by atoms with Gasteiger partial charge >= 0.3 is 12.0 Å². The molecule has 0 bridgehead atoms. The minimum absolute atomic E-state index is 0.0711.